The van der Waals surface area contributed by atoms with Crippen LogP contribution in [-0.2, 0) is 10.0 Å². The molecule has 0 aliphatic carbocycles. The Morgan fingerprint density at radius 2 is 2.08 bits per heavy atom. The van der Waals surface area contributed by atoms with Crippen molar-refractivity contribution in [3.05, 3.63) is 0 Å². The van der Waals surface area contributed by atoms with E-state index in [-0.39, 0.29) is 10.7 Å². The van der Waals surface area contributed by atoms with Gasteiger partial charge in [-0.05, 0) is 25.7 Å². The zero-order valence-corrected chi connectivity index (χ0v) is 10.4. The zero-order valence-electron chi connectivity index (χ0n) is 8.03. The van der Waals surface area contributed by atoms with Crippen molar-refractivity contribution in [3.8, 4) is 0 Å². The third-order valence-electron chi connectivity index (χ3n) is 2.81. The maximum absolute atomic E-state index is 11.6. The summed E-state index contributed by atoms with van der Waals surface area (Å²) >= 11 is 3.02. The lowest BCUT2D eigenvalue weighted by Gasteiger charge is -2.36. The lowest BCUT2D eigenvalue weighted by atomic mass is 9.94. The molecule has 0 spiro atoms. The van der Waals surface area contributed by atoms with Gasteiger partial charge in [0.15, 0.2) is 0 Å². The van der Waals surface area contributed by atoms with Gasteiger partial charge in [-0.2, -0.15) is 4.31 Å². The van der Waals surface area contributed by atoms with Gasteiger partial charge in [-0.15, -0.1) is 0 Å². The van der Waals surface area contributed by atoms with E-state index < -0.39 is 10.0 Å². The van der Waals surface area contributed by atoms with Crippen molar-refractivity contribution >= 4 is 26.0 Å². The largest absolute Gasteiger partial charge is 0.224 e. The van der Waals surface area contributed by atoms with Crippen LogP contribution in [0.2, 0.25) is 0 Å². The van der Waals surface area contributed by atoms with Crippen LogP contribution >= 0.6 is 15.9 Å². The topological polar surface area (TPSA) is 37.4 Å². The predicted octanol–water partition coefficient (Wildman–Crippen LogP) is 1.79. The quantitative estimate of drug-likeness (QED) is 0.717. The summed E-state index contributed by atoms with van der Waals surface area (Å²) in [5.41, 5.74) is 0. The number of alkyl halides is 1. The van der Waals surface area contributed by atoms with Crippen LogP contribution in [0, 0.1) is 5.92 Å². The van der Waals surface area contributed by atoms with Crippen LogP contribution in [0.3, 0.4) is 0 Å². The zero-order chi connectivity index (χ0) is 10.1. The van der Waals surface area contributed by atoms with Crippen molar-refractivity contribution < 1.29 is 8.42 Å². The molecule has 2 unspecified atom stereocenters. The van der Waals surface area contributed by atoms with Gasteiger partial charge in [-0.1, -0.05) is 22.9 Å². The van der Waals surface area contributed by atoms with E-state index >= 15 is 0 Å². The van der Waals surface area contributed by atoms with E-state index in [1.807, 2.05) is 6.92 Å². The second kappa shape index (κ2) is 4.28. The molecule has 1 aliphatic heterocycles. The van der Waals surface area contributed by atoms with E-state index in [1.165, 1.54) is 0 Å². The Labute approximate surface area is 88.7 Å². The maximum Gasteiger partial charge on any atom is 0.224 e. The molecule has 0 bridgehead atoms. The number of hydrogen-bond donors (Lipinski definition) is 0. The molecule has 13 heavy (non-hydrogen) atoms. The molecule has 0 saturated carbocycles. The third-order valence-corrected chi connectivity index (χ3v) is 6.05. The highest BCUT2D eigenvalue weighted by Gasteiger charge is 2.32. The lowest BCUT2D eigenvalue weighted by Crippen LogP contribution is -2.46. The highest BCUT2D eigenvalue weighted by molar-refractivity contribution is 9.10. The third kappa shape index (κ3) is 2.44. The van der Waals surface area contributed by atoms with Gasteiger partial charge in [0.2, 0.25) is 10.0 Å². The summed E-state index contributed by atoms with van der Waals surface area (Å²) in [4.78, 5) is 0. The summed E-state index contributed by atoms with van der Waals surface area (Å²) in [6.07, 6.45) is 2.12. The minimum atomic E-state index is -3.05. The molecule has 78 valence electrons. The number of nitrogens with zero attached hydrogens (tertiary/aromatic N) is 1. The van der Waals surface area contributed by atoms with Crippen LogP contribution in [0.15, 0.2) is 0 Å². The van der Waals surface area contributed by atoms with Crippen LogP contribution < -0.4 is 0 Å². The van der Waals surface area contributed by atoms with Gasteiger partial charge in [0, 0.05) is 12.6 Å². The molecule has 0 N–H and O–H groups in total. The standard InChI is InChI=1S/C8H16BrNO2S/c1-7-4-3-5-10(8(7)2)13(11,12)6-9/h7-8H,3-6H2,1-2H3. The number of hydrogen-bond acceptors (Lipinski definition) is 2. The molecule has 0 aromatic rings. The van der Waals surface area contributed by atoms with E-state index in [1.54, 1.807) is 4.31 Å². The summed E-state index contributed by atoms with van der Waals surface area (Å²) in [5, 5.41) is 0. The molecule has 0 amide bonds. The highest BCUT2D eigenvalue weighted by atomic mass is 79.9. The van der Waals surface area contributed by atoms with Gasteiger partial charge in [0.1, 0.15) is 4.66 Å². The van der Waals surface area contributed by atoms with Crippen LogP contribution in [-0.4, -0.2) is 30.0 Å². The number of sulfonamides is 1. The summed E-state index contributed by atoms with van der Waals surface area (Å²) in [5.74, 6) is 0.475. The second-order valence-electron chi connectivity index (χ2n) is 3.69. The minimum absolute atomic E-state index is 0.0388. The van der Waals surface area contributed by atoms with Crippen molar-refractivity contribution in [1.82, 2.24) is 4.31 Å². The van der Waals surface area contributed by atoms with Gasteiger partial charge < -0.3 is 0 Å². The lowest BCUT2D eigenvalue weighted by molar-refractivity contribution is 0.203. The monoisotopic (exact) mass is 269 g/mol. The molecule has 0 aromatic heterocycles. The number of piperidine rings is 1. The Hall–Kier alpha value is 0.390. The Kier molecular flexibility index (Phi) is 3.77. The molecule has 1 fully saturated rings. The highest BCUT2D eigenvalue weighted by Crippen LogP contribution is 2.25. The van der Waals surface area contributed by atoms with Crippen molar-refractivity contribution in [3.63, 3.8) is 0 Å². The van der Waals surface area contributed by atoms with Gasteiger partial charge in [0.25, 0.3) is 0 Å². The first-order valence-corrected chi connectivity index (χ1v) is 7.27. The summed E-state index contributed by atoms with van der Waals surface area (Å²) in [7, 11) is -3.05. The van der Waals surface area contributed by atoms with E-state index in [4.69, 9.17) is 0 Å². The Balaban J connectivity index is 2.80. The first-order valence-electron chi connectivity index (χ1n) is 4.54. The molecular weight excluding hydrogens is 254 g/mol. The first-order chi connectivity index (χ1) is 5.99. The molecule has 1 aliphatic rings. The molecule has 0 radical (unpaired) electrons. The molecule has 0 aromatic carbocycles. The average molecular weight is 270 g/mol. The SMILES string of the molecule is CC1CCCN(S(=O)(=O)CBr)C1C. The summed E-state index contributed by atoms with van der Waals surface area (Å²) < 4.78 is 24.8. The Morgan fingerprint density at radius 3 is 2.62 bits per heavy atom. The summed E-state index contributed by atoms with van der Waals surface area (Å²) in [6, 6.07) is 0.149. The van der Waals surface area contributed by atoms with Crippen molar-refractivity contribution in [2.24, 2.45) is 5.92 Å². The molecule has 2 atom stereocenters. The van der Waals surface area contributed by atoms with Gasteiger partial charge in [0.05, 0.1) is 0 Å². The molecule has 3 nitrogen and oxygen atoms in total. The van der Waals surface area contributed by atoms with E-state index in [9.17, 15) is 8.42 Å². The van der Waals surface area contributed by atoms with E-state index in [2.05, 4.69) is 22.9 Å². The molecule has 1 heterocycles. The van der Waals surface area contributed by atoms with Gasteiger partial charge in [-0.25, -0.2) is 8.42 Å². The number of rotatable bonds is 2. The van der Waals surface area contributed by atoms with Crippen LogP contribution in [0.5, 0.6) is 0 Å². The molecule has 5 heteroatoms. The molecular formula is C8H16BrNO2S. The Bertz CT molecular complexity index is 265. The predicted molar refractivity (Wildman–Crippen MR) is 57.3 cm³/mol. The minimum Gasteiger partial charge on any atom is -0.211 e. The van der Waals surface area contributed by atoms with Crippen molar-refractivity contribution in [1.29, 1.82) is 0 Å². The Morgan fingerprint density at radius 1 is 1.46 bits per heavy atom. The maximum atomic E-state index is 11.6. The van der Waals surface area contributed by atoms with E-state index in [0.717, 1.165) is 12.8 Å². The fourth-order valence-corrected chi connectivity index (χ4v) is 3.79. The fraction of sp³-hybridized carbons (Fsp3) is 1.00. The second-order valence-corrected chi connectivity index (χ2v) is 6.92. The summed E-state index contributed by atoms with van der Waals surface area (Å²) in [6.45, 7) is 4.78. The van der Waals surface area contributed by atoms with Crippen LogP contribution in [0.1, 0.15) is 26.7 Å². The van der Waals surface area contributed by atoms with Crippen LogP contribution in [0.4, 0.5) is 0 Å². The molecule has 1 rings (SSSR count). The van der Waals surface area contributed by atoms with Gasteiger partial charge in [-0.3, -0.25) is 0 Å². The average Bonchev–Trinajstić information content (AvgIpc) is 2.09. The smallest absolute Gasteiger partial charge is 0.211 e. The van der Waals surface area contributed by atoms with E-state index in [0.29, 0.717) is 12.5 Å². The number of halogens is 1. The van der Waals surface area contributed by atoms with Crippen molar-refractivity contribution in [2.45, 2.75) is 32.7 Å². The fourth-order valence-electron chi connectivity index (χ4n) is 1.75. The van der Waals surface area contributed by atoms with Crippen LogP contribution in [0.25, 0.3) is 0 Å². The molecule has 1 saturated heterocycles. The normalized spacial score (nSPS) is 31.9. The first kappa shape index (κ1) is 11.5. The van der Waals surface area contributed by atoms with Gasteiger partial charge >= 0.3 is 0 Å². The van der Waals surface area contributed by atoms with Crippen molar-refractivity contribution in [2.75, 3.05) is 11.2 Å².